The summed E-state index contributed by atoms with van der Waals surface area (Å²) in [5.41, 5.74) is 11.8. The molecule has 2 aromatic carbocycles. The largest absolute Gasteiger partial charge is 0.494 e. The first kappa shape index (κ1) is 21.9. The second-order valence-corrected chi connectivity index (χ2v) is 8.37. The summed E-state index contributed by atoms with van der Waals surface area (Å²) in [6.45, 7) is 3.73. The zero-order valence-corrected chi connectivity index (χ0v) is 17.9. The van der Waals surface area contributed by atoms with E-state index in [-0.39, 0.29) is 6.61 Å². The Bertz CT molecular complexity index is 758. The van der Waals surface area contributed by atoms with Crippen LogP contribution in [0.1, 0.15) is 67.2 Å². The Morgan fingerprint density at radius 2 is 2.00 bits per heavy atom. The van der Waals surface area contributed by atoms with E-state index >= 15 is 0 Å². The van der Waals surface area contributed by atoms with Crippen molar-refractivity contribution in [3.8, 4) is 5.75 Å². The van der Waals surface area contributed by atoms with Gasteiger partial charge in [0.05, 0.1) is 6.61 Å². The van der Waals surface area contributed by atoms with Gasteiger partial charge in [-0.3, -0.25) is 0 Å². The SMILES string of the molecule is CCOc1ccccc1CC[C@@H]1CCc2cc([C@@H](CN)CCCCO)ccc2C1. The van der Waals surface area contributed by atoms with Crippen molar-refractivity contribution in [2.24, 2.45) is 11.7 Å². The van der Waals surface area contributed by atoms with E-state index in [9.17, 15) is 0 Å². The van der Waals surface area contributed by atoms with E-state index in [1.54, 1.807) is 0 Å². The first-order chi connectivity index (χ1) is 14.2. The molecule has 3 N–H and O–H groups in total. The maximum atomic E-state index is 9.03. The van der Waals surface area contributed by atoms with Crippen LogP contribution in [0.25, 0.3) is 0 Å². The average Bonchev–Trinajstić information content (AvgIpc) is 2.76. The first-order valence-corrected chi connectivity index (χ1v) is 11.4. The number of nitrogens with two attached hydrogens (primary N) is 1. The molecule has 1 aliphatic carbocycles. The molecule has 3 heteroatoms. The van der Waals surface area contributed by atoms with E-state index in [1.807, 2.05) is 6.92 Å². The normalized spacial score (nSPS) is 17.0. The standard InChI is InChI=1S/C26H37NO2/c1-2-29-26-9-4-3-7-21(26)12-10-20-11-13-23-18-24(15-14-22(23)17-20)25(19-27)8-5-6-16-28/h3-4,7,9,14-15,18,20,25,28H,2,5-6,8,10-13,16-17,19,27H2,1H3/t20-,25-/m1/s1. The van der Waals surface area contributed by atoms with Gasteiger partial charge in [-0.15, -0.1) is 0 Å². The molecular formula is C26H37NO2. The van der Waals surface area contributed by atoms with Crippen molar-refractivity contribution >= 4 is 0 Å². The summed E-state index contributed by atoms with van der Waals surface area (Å²) in [5, 5.41) is 9.03. The molecule has 0 spiro atoms. The Morgan fingerprint density at radius 3 is 2.79 bits per heavy atom. The van der Waals surface area contributed by atoms with Crippen LogP contribution >= 0.6 is 0 Å². The van der Waals surface area contributed by atoms with Gasteiger partial charge in [-0.25, -0.2) is 0 Å². The number of para-hydroxylation sites is 1. The van der Waals surface area contributed by atoms with Gasteiger partial charge in [0, 0.05) is 6.61 Å². The highest BCUT2D eigenvalue weighted by atomic mass is 16.5. The predicted octanol–water partition coefficient (Wildman–Crippen LogP) is 5.03. The molecule has 0 aliphatic heterocycles. The maximum absolute atomic E-state index is 9.03. The summed E-state index contributed by atoms with van der Waals surface area (Å²) in [6.07, 6.45) is 8.92. The summed E-state index contributed by atoms with van der Waals surface area (Å²) >= 11 is 0. The Balaban J connectivity index is 1.58. The van der Waals surface area contributed by atoms with Crippen molar-refractivity contribution in [3.63, 3.8) is 0 Å². The smallest absolute Gasteiger partial charge is 0.122 e. The highest BCUT2D eigenvalue weighted by molar-refractivity contribution is 5.36. The number of benzene rings is 2. The molecule has 0 saturated heterocycles. The summed E-state index contributed by atoms with van der Waals surface area (Å²) < 4.78 is 5.79. The van der Waals surface area contributed by atoms with E-state index < -0.39 is 0 Å². The summed E-state index contributed by atoms with van der Waals surface area (Å²) in [4.78, 5) is 0. The predicted molar refractivity (Wildman–Crippen MR) is 121 cm³/mol. The van der Waals surface area contributed by atoms with Crippen LogP contribution in [0.5, 0.6) is 5.75 Å². The molecule has 1 aliphatic rings. The van der Waals surface area contributed by atoms with Gasteiger partial charge in [0.15, 0.2) is 0 Å². The quantitative estimate of drug-likeness (QED) is 0.525. The molecule has 0 amide bonds. The van der Waals surface area contributed by atoms with Crippen molar-refractivity contribution in [2.75, 3.05) is 19.8 Å². The molecule has 29 heavy (non-hydrogen) atoms. The van der Waals surface area contributed by atoms with Gasteiger partial charge in [0.2, 0.25) is 0 Å². The minimum absolute atomic E-state index is 0.276. The number of hydrogen-bond donors (Lipinski definition) is 2. The molecule has 0 unspecified atom stereocenters. The molecule has 0 aromatic heterocycles. The topological polar surface area (TPSA) is 55.5 Å². The Morgan fingerprint density at radius 1 is 1.14 bits per heavy atom. The third-order valence-corrected chi connectivity index (χ3v) is 6.37. The minimum atomic E-state index is 0.276. The van der Waals surface area contributed by atoms with Crippen LogP contribution in [-0.2, 0) is 19.3 Å². The molecule has 0 bridgehead atoms. The van der Waals surface area contributed by atoms with Gasteiger partial charge in [-0.2, -0.15) is 0 Å². The third-order valence-electron chi connectivity index (χ3n) is 6.37. The number of fused-ring (bicyclic) bond motifs is 1. The van der Waals surface area contributed by atoms with E-state index in [0.717, 1.165) is 44.0 Å². The Labute approximate surface area is 176 Å². The molecule has 158 valence electrons. The lowest BCUT2D eigenvalue weighted by Gasteiger charge is -2.26. The van der Waals surface area contributed by atoms with Crippen LogP contribution in [0.4, 0.5) is 0 Å². The van der Waals surface area contributed by atoms with Crippen molar-refractivity contribution in [3.05, 3.63) is 64.7 Å². The first-order valence-electron chi connectivity index (χ1n) is 11.4. The zero-order chi connectivity index (χ0) is 20.5. The van der Waals surface area contributed by atoms with Gasteiger partial charge >= 0.3 is 0 Å². The lowest BCUT2D eigenvalue weighted by atomic mass is 9.79. The van der Waals surface area contributed by atoms with E-state index in [0.29, 0.717) is 12.5 Å². The van der Waals surface area contributed by atoms with E-state index in [4.69, 9.17) is 15.6 Å². The molecule has 3 rings (SSSR count). The number of aliphatic hydroxyl groups is 1. The lowest BCUT2D eigenvalue weighted by molar-refractivity contribution is 0.281. The summed E-state index contributed by atoms with van der Waals surface area (Å²) in [6, 6.07) is 15.5. The zero-order valence-electron chi connectivity index (χ0n) is 17.9. The van der Waals surface area contributed by atoms with Crippen molar-refractivity contribution in [1.29, 1.82) is 0 Å². The van der Waals surface area contributed by atoms with Gasteiger partial charge in [-0.1, -0.05) is 42.8 Å². The molecule has 0 radical (unpaired) electrons. The van der Waals surface area contributed by atoms with Crippen LogP contribution in [0.15, 0.2) is 42.5 Å². The fraction of sp³-hybridized carbons (Fsp3) is 0.538. The molecule has 0 heterocycles. The number of ether oxygens (including phenoxy) is 1. The van der Waals surface area contributed by atoms with E-state index in [2.05, 4.69) is 42.5 Å². The molecule has 0 saturated carbocycles. The second kappa shape index (κ2) is 11.4. The minimum Gasteiger partial charge on any atom is -0.494 e. The van der Waals surface area contributed by atoms with Gasteiger partial charge < -0.3 is 15.6 Å². The molecule has 0 fully saturated rings. The molecule has 2 aromatic rings. The highest BCUT2D eigenvalue weighted by Gasteiger charge is 2.20. The maximum Gasteiger partial charge on any atom is 0.122 e. The number of rotatable bonds is 11. The lowest BCUT2D eigenvalue weighted by Crippen LogP contribution is -2.17. The summed E-state index contributed by atoms with van der Waals surface area (Å²) in [5.74, 6) is 2.21. The fourth-order valence-corrected chi connectivity index (χ4v) is 4.64. The monoisotopic (exact) mass is 395 g/mol. The van der Waals surface area contributed by atoms with Crippen molar-refractivity contribution < 1.29 is 9.84 Å². The molecule has 3 nitrogen and oxygen atoms in total. The number of unbranched alkanes of at least 4 members (excludes halogenated alkanes) is 1. The average molecular weight is 396 g/mol. The second-order valence-electron chi connectivity index (χ2n) is 8.37. The fourth-order valence-electron chi connectivity index (χ4n) is 4.64. The van der Waals surface area contributed by atoms with Crippen molar-refractivity contribution in [1.82, 2.24) is 0 Å². The molecular weight excluding hydrogens is 358 g/mol. The Hall–Kier alpha value is -1.84. The number of hydrogen-bond acceptors (Lipinski definition) is 3. The van der Waals surface area contributed by atoms with Crippen LogP contribution in [0, 0.1) is 5.92 Å². The Kier molecular flexibility index (Phi) is 8.57. The van der Waals surface area contributed by atoms with Crippen LogP contribution in [0.2, 0.25) is 0 Å². The molecule has 2 atom stereocenters. The van der Waals surface area contributed by atoms with Crippen LogP contribution < -0.4 is 10.5 Å². The van der Waals surface area contributed by atoms with Crippen LogP contribution in [0.3, 0.4) is 0 Å². The van der Waals surface area contributed by atoms with Gasteiger partial charge in [-0.05, 0) is 98.6 Å². The van der Waals surface area contributed by atoms with E-state index in [1.165, 1.54) is 47.9 Å². The number of aliphatic hydroxyl groups excluding tert-OH is 1. The third kappa shape index (κ3) is 6.07. The van der Waals surface area contributed by atoms with Gasteiger partial charge in [0.1, 0.15) is 5.75 Å². The van der Waals surface area contributed by atoms with Crippen molar-refractivity contribution in [2.45, 2.75) is 64.2 Å². The van der Waals surface area contributed by atoms with Crippen LogP contribution in [-0.4, -0.2) is 24.9 Å². The van der Waals surface area contributed by atoms with Gasteiger partial charge in [0.25, 0.3) is 0 Å². The highest BCUT2D eigenvalue weighted by Crippen LogP contribution is 2.32. The summed E-state index contributed by atoms with van der Waals surface area (Å²) in [7, 11) is 0. The number of aryl methyl sites for hydroxylation is 2.